The van der Waals surface area contributed by atoms with Crippen LogP contribution in [0.4, 0.5) is 20.1 Å². The van der Waals surface area contributed by atoms with Crippen LogP contribution in [0.5, 0.6) is 17.2 Å². The summed E-state index contributed by atoms with van der Waals surface area (Å²) in [6, 6.07) is 1.16. The fraction of sp³-hybridized carbons (Fsp3) is 0.678. The van der Waals surface area contributed by atoms with Crippen LogP contribution < -0.4 is 57.7 Å². The molecule has 1 aliphatic carbocycles. The van der Waals surface area contributed by atoms with E-state index in [1.165, 1.54) is 56.3 Å². The summed E-state index contributed by atoms with van der Waals surface area (Å²) in [5.74, 6) is 6.51. The van der Waals surface area contributed by atoms with Gasteiger partial charge in [0.2, 0.25) is 34.9 Å². The number of halogens is 1. The molecule has 15 N–H and O–H groups in total. The molecule has 0 spiro atoms. The Hall–Kier alpha value is -7.27. The number of aliphatic hydroxyl groups is 5. The molecule has 4 heterocycles. The van der Waals surface area contributed by atoms with Crippen LogP contribution >= 0.6 is 55.9 Å². The van der Waals surface area contributed by atoms with E-state index in [1.54, 1.807) is 110 Å². The summed E-state index contributed by atoms with van der Waals surface area (Å²) in [5.41, 5.74) is 13.4. The number of carbonyl (C=O) groups excluding carboxylic acids is 9. The lowest BCUT2D eigenvalue weighted by atomic mass is 9.64. The van der Waals surface area contributed by atoms with Gasteiger partial charge in [-0.1, -0.05) is 111 Å². The molecule has 5 aliphatic rings. The number of alkyl carbamates (subject to hydrolysis) is 2. The third-order valence-electron chi connectivity index (χ3n) is 23.0. The molecule has 23 atom stereocenters. The van der Waals surface area contributed by atoms with Crippen molar-refractivity contribution in [3.05, 3.63) is 68.3 Å². The first-order valence-electron chi connectivity index (χ1n) is 44.2. The number of nitrogens with one attached hydrogen (secondary N) is 6. The van der Waals surface area contributed by atoms with Crippen molar-refractivity contribution in [2.75, 3.05) is 106 Å². The van der Waals surface area contributed by atoms with Crippen molar-refractivity contribution in [1.29, 1.82) is 0 Å². The molecule has 0 bridgehead atoms. The number of amides is 7. The number of benzene rings is 2. The average molecular weight is 2050 g/mol. The molecule has 7 rings (SSSR count). The fourth-order valence-electron chi connectivity index (χ4n) is 15.9. The van der Waals surface area contributed by atoms with E-state index in [1.807, 2.05) is 36.4 Å². The van der Waals surface area contributed by atoms with E-state index in [9.17, 15) is 68.7 Å². The van der Waals surface area contributed by atoms with Crippen molar-refractivity contribution < 1.29 is 145 Å². The molecule has 2 aromatic rings. The second kappa shape index (κ2) is 56.0. The maximum atomic E-state index is 14.8. The van der Waals surface area contributed by atoms with Gasteiger partial charge in [0, 0.05) is 94.5 Å². The highest BCUT2D eigenvalue weighted by Crippen LogP contribution is 2.50. The first kappa shape index (κ1) is 113. The number of Topliss-reactive ketones (excluding diaryl/α,β-unsaturated/α-hetero) is 2. The van der Waals surface area contributed by atoms with Gasteiger partial charge in [0.25, 0.3) is 0 Å². The van der Waals surface area contributed by atoms with Gasteiger partial charge in [0.05, 0.1) is 123 Å². The number of urea groups is 1. The zero-order valence-electron chi connectivity index (χ0n) is 78.4. The zero-order chi connectivity index (χ0) is 98.1. The highest BCUT2D eigenvalue weighted by atomic mass is 127. The highest BCUT2D eigenvalue weighted by Gasteiger charge is 2.57. The van der Waals surface area contributed by atoms with Crippen molar-refractivity contribution in [2.24, 2.45) is 35.1 Å². The van der Waals surface area contributed by atoms with Crippen LogP contribution in [0.25, 0.3) is 0 Å². The second-order valence-corrected chi connectivity index (χ2v) is 38.5. The summed E-state index contributed by atoms with van der Waals surface area (Å²) >= 11 is 2.76. The van der Waals surface area contributed by atoms with Gasteiger partial charge in [-0.15, -0.1) is 5.92 Å². The lowest BCUT2D eigenvalue weighted by Crippen LogP contribution is -2.66. The van der Waals surface area contributed by atoms with E-state index < -0.39 is 205 Å². The predicted molar refractivity (Wildman–Crippen MR) is 501 cm³/mol. The highest BCUT2D eigenvalue weighted by molar-refractivity contribution is 14.1. The van der Waals surface area contributed by atoms with E-state index in [4.69, 9.17) is 87.4 Å². The largest absolute Gasteiger partial charge is 0.492 e. The molecule has 4 saturated heterocycles. The summed E-state index contributed by atoms with van der Waals surface area (Å²) in [4.78, 5) is 130. The van der Waals surface area contributed by atoms with Gasteiger partial charge in [-0.3, -0.25) is 33.6 Å². The van der Waals surface area contributed by atoms with E-state index in [2.05, 4.69) is 55.7 Å². The molecule has 744 valence electrons. The molecule has 7 amide bonds. The molecule has 0 radical (unpaired) electrons. The van der Waals surface area contributed by atoms with Gasteiger partial charge in [-0.05, 0) is 130 Å². The molecule has 2 aromatic carbocycles. The Kier molecular flexibility index (Phi) is 47.4. The van der Waals surface area contributed by atoms with Crippen LogP contribution in [0.3, 0.4) is 0 Å². The summed E-state index contributed by atoms with van der Waals surface area (Å²) in [5, 5.41) is 71.9. The van der Waals surface area contributed by atoms with E-state index >= 15 is 0 Å². The minimum Gasteiger partial charge on any atom is -0.492 e. The van der Waals surface area contributed by atoms with Crippen LogP contribution in [-0.4, -0.2) is 316 Å². The number of aliphatic hydroxyl groups excluding tert-OH is 4. The average Bonchev–Trinajstić information content (AvgIpc) is 0.741. The number of primary amides is 1. The number of anilines is 1. The number of rotatable bonds is 47. The van der Waals surface area contributed by atoms with E-state index in [-0.39, 0.29) is 111 Å². The van der Waals surface area contributed by atoms with Gasteiger partial charge in [0.1, 0.15) is 55.8 Å². The predicted octanol–water partition coefficient (Wildman–Crippen LogP) is 5.37. The maximum absolute atomic E-state index is 14.8. The fourth-order valence-corrected chi connectivity index (χ4v) is 19.5. The van der Waals surface area contributed by atoms with Gasteiger partial charge < -0.3 is 140 Å². The molecule has 5 fully saturated rings. The minimum atomic E-state index is -1.83. The molecule has 43 heteroatoms. The van der Waals surface area contributed by atoms with Crippen molar-refractivity contribution in [2.45, 2.75) is 267 Å². The number of ketones is 2. The van der Waals surface area contributed by atoms with Crippen molar-refractivity contribution in [3.63, 3.8) is 0 Å². The molecule has 133 heavy (non-hydrogen) atoms. The topological polar surface area (TPSA) is 530 Å². The number of allylic oxidation sites excluding steroid dienone is 2. The number of carbonyl (C=O) groups is 9. The monoisotopic (exact) mass is 2040 g/mol. The standard InChI is InChI=1S/C90H134IN9O30S3/c1-18-20-21-22-23-26-62(69-57(32-39-131-133-49(7)8)90(114,48(5)6)43-61(103)73(69)98-89(113)119-17)127-86-80(75(107)72(51(10)125-86)99-130-67-41-60(102)82(53(12)124-67)132-84(110)68-50(9)70(91)78(81(118-16)77(68)116-14)129-85-76(108)79(117-15)74(106)52(11)126-85)128-66-42-63(115-13)58(46-122-66)100(19-2)65(105)44-95-88(112)123-45-54-27-29-56(30-28-54)96-83(109)55(25-24-34-94-87(93)111)40-59(101)71(47(3)4)97-64(104)31-35-120-37-38-121-36-33-92/h21-22,27-30,32,47-49,51-53,55,58,60,62-63,66-67,69,71-76,79-80,82,85-86,99,102,106-108,114H,19,24-25,31,33-46,92H2,1-17H3,(H,95,112)(H,96,109)(H,97,104)(H,98,113)(H3,93,94,111)/b22-21-,57-32+/t51?,52?,53?,55-,58?,60?,62+,63?,66?,67?,69?,71+,72?,73?,74?,75?,76?,79?,80?,82?,85?,86?,90-/m1/s1. The molecule has 39 nitrogen and oxygen atoms in total. The van der Waals surface area contributed by atoms with Crippen LogP contribution in [0.2, 0.25) is 0 Å². The Morgan fingerprint density at radius 3 is 2.12 bits per heavy atom. The number of nitrogens with two attached hydrogens (primary N) is 2. The molecule has 19 unspecified atom stereocenters. The van der Waals surface area contributed by atoms with Crippen molar-refractivity contribution in [3.8, 4) is 40.9 Å². The van der Waals surface area contributed by atoms with Gasteiger partial charge in [0.15, 0.2) is 41.9 Å². The second-order valence-electron chi connectivity index (χ2n) is 33.2. The van der Waals surface area contributed by atoms with Crippen molar-refractivity contribution in [1.82, 2.24) is 31.6 Å². The molecule has 1 saturated carbocycles. The number of nitrogens with zero attached hydrogens (tertiary/aromatic N) is 1. The third-order valence-corrected chi connectivity index (χ3v) is 28.5. The molecular formula is C90H134IN9O30S3. The molecule has 4 aliphatic heterocycles. The van der Waals surface area contributed by atoms with E-state index in [0.717, 1.165) is 18.9 Å². The Morgan fingerprint density at radius 2 is 1.50 bits per heavy atom. The minimum absolute atomic E-state index is 0.00912. The lowest BCUT2D eigenvalue weighted by molar-refractivity contribution is -0.340. The lowest BCUT2D eigenvalue weighted by Gasteiger charge is -2.49. The summed E-state index contributed by atoms with van der Waals surface area (Å²) in [7, 11) is 9.65. The number of thioether (sulfide) groups is 1. The number of methoxy groups -OCH3 is 5. The number of hydrogen-bond donors (Lipinski definition) is 13. The maximum Gasteiger partial charge on any atom is 0.407 e. The van der Waals surface area contributed by atoms with Crippen LogP contribution in [0, 0.1) is 57.8 Å². The summed E-state index contributed by atoms with van der Waals surface area (Å²) in [6.45, 7) is 21.5. The Balaban J connectivity index is 1.09. The van der Waals surface area contributed by atoms with Crippen LogP contribution in [0.15, 0.2) is 48.1 Å². The quantitative estimate of drug-likeness (QED) is 0.00989. The zero-order valence-corrected chi connectivity index (χ0v) is 83.0. The Bertz CT molecular complexity index is 4340. The van der Waals surface area contributed by atoms with Crippen molar-refractivity contribution >= 4 is 114 Å². The Morgan fingerprint density at radius 1 is 0.805 bits per heavy atom. The van der Waals surface area contributed by atoms with Gasteiger partial charge >= 0.3 is 18.2 Å². The SMILES string of the molecule is CC#C/C=C\C#C[C@H](OC1OC(C)C(NOC2CC(O)C(SC(=O)c3c(C)c(I)c(OC4OC(C)C(O)C(OC)C4O)c(OC)c3OC)C(C)O2)C(O)C1OC1CC(OC)C(N(CC)C(=O)CNC(=O)OCc2ccc(NC(=O)[C@H](CCCNC(N)=O)CC(=O)[C@@H](NC(=O)CCOCCOCCN)C(C)C)cc2)CO1)C1/C(=C\CSSC(C)C)[C@](O)(C(C)C)CC(=O)C1NC(=O)OC. The summed E-state index contributed by atoms with van der Waals surface area (Å²) < 4.78 is 90.5. The number of ether oxygens (including phenoxy) is 15. The number of likely N-dealkylation sites (N-methyl/N-ethyl adjacent to an activating group) is 1. The number of hydroxylamine groups is 1. The Labute approximate surface area is 803 Å². The summed E-state index contributed by atoms with van der Waals surface area (Å²) in [6.07, 6.45) is -16.8. The normalized spacial score (nSPS) is 27.5. The molecular weight excluding hydrogens is 1910 g/mol. The van der Waals surface area contributed by atoms with Gasteiger partial charge in [-0.2, -0.15) is 5.48 Å². The first-order valence-corrected chi connectivity index (χ1v) is 48.6. The van der Waals surface area contributed by atoms with Gasteiger partial charge in [-0.25, -0.2) is 14.4 Å². The van der Waals surface area contributed by atoms with Crippen LogP contribution in [0.1, 0.15) is 143 Å². The first-order chi connectivity index (χ1) is 63.3. The van der Waals surface area contributed by atoms with E-state index in [0.29, 0.717) is 57.9 Å². The number of hydrogen-bond acceptors (Lipinski definition) is 35. The molecule has 0 aromatic heterocycles. The smallest absolute Gasteiger partial charge is 0.407 e. The van der Waals surface area contributed by atoms with Crippen LogP contribution in [-0.2, 0) is 92.3 Å². The third kappa shape index (κ3) is 32.2.